The quantitative estimate of drug-likeness (QED) is 0.530. The molecule has 3 aromatic rings. The first kappa shape index (κ1) is 24.0. The van der Waals surface area contributed by atoms with E-state index in [9.17, 15) is 22.0 Å². The number of halogens is 2. The zero-order chi connectivity index (χ0) is 23.8. The first-order valence-electron chi connectivity index (χ1n) is 9.51. The summed E-state index contributed by atoms with van der Waals surface area (Å²) < 4.78 is 50.2. The van der Waals surface area contributed by atoms with Gasteiger partial charge in [-0.05, 0) is 44.3 Å². The number of nitrogen functional groups attached to an aromatic ring is 1. The number of sulfone groups is 1. The van der Waals surface area contributed by atoms with Crippen molar-refractivity contribution in [1.29, 1.82) is 0 Å². The summed E-state index contributed by atoms with van der Waals surface area (Å²) in [7, 11) is -0.927. The van der Waals surface area contributed by atoms with E-state index in [1.165, 1.54) is 12.1 Å². The van der Waals surface area contributed by atoms with Gasteiger partial charge in [-0.1, -0.05) is 12.1 Å². The maximum atomic E-state index is 13.3. The van der Waals surface area contributed by atoms with Gasteiger partial charge in [-0.2, -0.15) is 13.9 Å². The SMILES string of the molecule is Cc1c(CN(C)C)nnc2sc(C(=O)NCc3ccc(S(=O)(=O)C(C)(F)F)cc3)c(N)c12. The summed E-state index contributed by atoms with van der Waals surface area (Å²) in [5, 5.41) is 7.95. The van der Waals surface area contributed by atoms with Gasteiger partial charge in [-0.3, -0.25) is 4.79 Å². The summed E-state index contributed by atoms with van der Waals surface area (Å²) in [5.41, 5.74) is 8.74. The zero-order valence-corrected chi connectivity index (χ0v) is 19.6. The molecule has 2 heterocycles. The Morgan fingerprint density at radius 2 is 1.84 bits per heavy atom. The summed E-state index contributed by atoms with van der Waals surface area (Å²) in [6, 6.07) is 4.92. The number of carbonyl (C=O) groups excluding carboxylic acids is 1. The lowest BCUT2D eigenvalue weighted by Gasteiger charge is -2.12. The van der Waals surface area contributed by atoms with Crippen LogP contribution in [-0.4, -0.2) is 48.8 Å². The van der Waals surface area contributed by atoms with Crippen molar-refractivity contribution in [2.45, 2.75) is 37.1 Å². The number of fused-ring (bicyclic) bond motifs is 1. The summed E-state index contributed by atoms with van der Waals surface area (Å²) in [5.74, 6) is -0.421. The van der Waals surface area contributed by atoms with Crippen LogP contribution in [0.1, 0.15) is 33.4 Å². The number of nitrogens with zero attached hydrogens (tertiary/aromatic N) is 3. The van der Waals surface area contributed by atoms with Gasteiger partial charge in [0.1, 0.15) is 9.71 Å². The van der Waals surface area contributed by atoms with Crippen LogP contribution in [0.5, 0.6) is 0 Å². The van der Waals surface area contributed by atoms with Crippen LogP contribution in [-0.2, 0) is 22.9 Å². The number of rotatable bonds is 7. The van der Waals surface area contributed by atoms with Crippen LogP contribution in [0.3, 0.4) is 0 Å². The topological polar surface area (TPSA) is 118 Å². The maximum Gasteiger partial charge on any atom is 0.347 e. The Labute approximate surface area is 188 Å². The van der Waals surface area contributed by atoms with Crippen molar-refractivity contribution >= 4 is 43.0 Å². The molecule has 1 aromatic carbocycles. The second-order valence-electron chi connectivity index (χ2n) is 7.67. The molecular weight excluding hydrogens is 460 g/mol. The number of carbonyl (C=O) groups is 1. The monoisotopic (exact) mass is 483 g/mol. The normalized spacial score (nSPS) is 12.5. The third kappa shape index (κ3) is 4.57. The Bertz CT molecular complexity index is 1270. The lowest BCUT2D eigenvalue weighted by molar-refractivity contribution is 0.0955. The number of anilines is 1. The maximum absolute atomic E-state index is 13.3. The minimum absolute atomic E-state index is 0.0614. The number of aromatic nitrogens is 2. The molecule has 0 aliphatic rings. The van der Waals surface area contributed by atoms with Crippen molar-refractivity contribution in [3.63, 3.8) is 0 Å². The minimum Gasteiger partial charge on any atom is -0.397 e. The molecule has 32 heavy (non-hydrogen) atoms. The number of hydrogen-bond acceptors (Lipinski definition) is 8. The highest BCUT2D eigenvalue weighted by Crippen LogP contribution is 2.35. The van der Waals surface area contributed by atoms with Gasteiger partial charge in [-0.15, -0.1) is 16.4 Å². The van der Waals surface area contributed by atoms with Crippen LogP contribution in [0.2, 0.25) is 0 Å². The lowest BCUT2D eigenvalue weighted by atomic mass is 10.1. The Balaban J connectivity index is 1.78. The number of nitrogens with one attached hydrogen (secondary N) is 1. The molecule has 0 saturated heterocycles. The standard InChI is InChI=1S/C20H23F2N5O3S2/c1-11-14(10-27(3)4)25-26-19-15(11)16(23)17(31-19)18(28)24-9-12-5-7-13(8-6-12)32(29,30)20(2,21)22/h5-8H,9-10,23H2,1-4H3,(H,24,28). The van der Waals surface area contributed by atoms with E-state index >= 15 is 0 Å². The lowest BCUT2D eigenvalue weighted by Crippen LogP contribution is -2.25. The molecule has 0 spiro atoms. The van der Waals surface area contributed by atoms with Crippen LogP contribution in [0.4, 0.5) is 14.5 Å². The highest BCUT2D eigenvalue weighted by molar-refractivity contribution is 7.92. The highest BCUT2D eigenvalue weighted by Gasteiger charge is 2.40. The predicted molar refractivity (Wildman–Crippen MR) is 119 cm³/mol. The van der Waals surface area contributed by atoms with Crippen molar-refractivity contribution in [2.24, 2.45) is 0 Å². The molecule has 0 aliphatic heterocycles. The fourth-order valence-corrected chi connectivity index (χ4v) is 4.99. The largest absolute Gasteiger partial charge is 0.397 e. The van der Waals surface area contributed by atoms with Gasteiger partial charge in [0.05, 0.1) is 16.3 Å². The average Bonchev–Trinajstić information content (AvgIpc) is 3.04. The Hall–Kier alpha value is -2.70. The minimum atomic E-state index is -4.75. The van der Waals surface area contributed by atoms with E-state index in [0.29, 0.717) is 39.8 Å². The van der Waals surface area contributed by atoms with Crippen molar-refractivity contribution in [1.82, 2.24) is 20.4 Å². The van der Waals surface area contributed by atoms with E-state index in [0.717, 1.165) is 34.7 Å². The molecule has 0 bridgehead atoms. The Morgan fingerprint density at radius 3 is 2.41 bits per heavy atom. The van der Waals surface area contributed by atoms with E-state index in [4.69, 9.17) is 5.73 Å². The molecule has 0 atom stereocenters. The predicted octanol–water partition coefficient (Wildman–Crippen LogP) is 2.96. The number of hydrogen-bond donors (Lipinski definition) is 2. The van der Waals surface area contributed by atoms with Gasteiger partial charge in [0.15, 0.2) is 0 Å². The molecule has 2 aromatic heterocycles. The molecule has 0 aliphatic carbocycles. The first-order valence-corrected chi connectivity index (χ1v) is 11.8. The number of aryl methyl sites for hydroxylation is 1. The van der Waals surface area contributed by atoms with Crippen molar-refractivity contribution in [3.8, 4) is 0 Å². The molecule has 172 valence electrons. The smallest absolute Gasteiger partial charge is 0.347 e. The van der Waals surface area contributed by atoms with E-state index < -0.39 is 25.9 Å². The molecule has 0 radical (unpaired) electrons. The van der Waals surface area contributed by atoms with Gasteiger partial charge in [0.2, 0.25) is 9.84 Å². The summed E-state index contributed by atoms with van der Waals surface area (Å²) in [4.78, 5) is 15.0. The number of nitrogens with two attached hydrogens (primary N) is 1. The number of benzene rings is 1. The van der Waals surface area contributed by atoms with Crippen LogP contribution in [0.25, 0.3) is 10.2 Å². The molecule has 1 amide bonds. The van der Waals surface area contributed by atoms with Crippen molar-refractivity contribution in [3.05, 3.63) is 46.0 Å². The molecular formula is C20H23F2N5O3S2. The second-order valence-corrected chi connectivity index (χ2v) is 10.9. The molecule has 12 heteroatoms. The van der Waals surface area contributed by atoms with Gasteiger partial charge in [0, 0.05) is 25.4 Å². The highest BCUT2D eigenvalue weighted by atomic mass is 32.2. The molecule has 8 nitrogen and oxygen atoms in total. The van der Waals surface area contributed by atoms with E-state index in [2.05, 4.69) is 15.5 Å². The van der Waals surface area contributed by atoms with Crippen LogP contribution in [0, 0.1) is 6.92 Å². The van der Waals surface area contributed by atoms with E-state index in [1.54, 1.807) is 0 Å². The van der Waals surface area contributed by atoms with Crippen LogP contribution in [0.15, 0.2) is 29.2 Å². The fraction of sp³-hybridized carbons (Fsp3) is 0.350. The Morgan fingerprint density at radius 1 is 1.22 bits per heavy atom. The molecule has 0 fully saturated rings. The number of alkyl halides is 2. The average molecular weight is 484 g/mol. The van der Waals surface area contributed by atoms with Gasteiger partial charge >= 0.3 is 5.25 Å². The molecule has 3 rings (SSSR count). The third-order valence-corrected chi connectivity index (χ3v) is 7.75. The van der Waals surface area contributed by atoms with E-state index in [-0.39, 0.29) is 6.54 Å². The summed E-state index contributed by atoms with van der Waals surface area (Å²) in [6.45, 7) is 2.87. The van der Waals surface area contributed by atoms with Crippen LogP contribution < -0.4 is 11.1 Å². The van der Waals surface area contributed by atoms with Crippen LogP contribution >= 0.6 is 11.3 Å². The molecule has 3 N–H and O–H groups in total. The zero-order valence-electron chi connectivity index (χ0n) is 17.9. The molecule has 0 unspecified atom stereocenters. The summed E-state index contributed by atoms with van der Waals surface area (Å²) in [6.07, 6.45) is 0. The van der Waals surface area contributed by atoms with E-state index in [1.807, 2.05) is 25.9 Å². The molecule has 0 saturated carbocycles. The number of amides is 1. The van der Waals surface area contributed by atoms with Crippen molar-refractivity contribution < 1.29 is 22.0 Å². The number of thiophene rings is 1. The first-order chi connectivity index (χ1) is 14.8. The summed E-state index contributed by atoms with van der Waals surface area (Å²) >= 11 is 1.13. The van der Waals surface area contributed by atoms with Gasteiger partial charge < -0.3 is 16.0 Å². The second kappa shape index (κ2) is 8.68. The van der Waals surface area contributed by atoms with Gasteiger partial charge in [0.25, 0.3) is 5.91 Å². The third-order valence-electron chi connectivity index (χ3n) is 4.83. The van der Waals surface area contributed by atoms with Gasteiger partial charge in [-0.25, -0.2) is 8.42 Å². The fourth-order valence-electron chi connectivity index (χ4n) is 3.06. The van der Waals surface area contributed by atoms with Crippen molar-refractivity contribution in [2.75, 3.05) is 19.8 Å². The Kier molecular flexibility index (Phi) is 6.50.